The van der Waals surface area contributed by atoms with Gasteiger partial charge in [0.15, 0.2) is 0 Å². The molecule has 1 amide bonds. The van der Waals surface area contributed by atoms with Crippen LogP contribution in [0.5, 0.6) is 0 Å². The Kier molecular flexibility index (Phi) is 5.73. The maximum atomic E-state index is 12.8. The summed E-state index contributed by atoms with van der Waals surface area (Å²) in [6.07, 6.45) is -2.89. The number of aromatic carboxylic acids is 1. The molecule has 0 saturated carbocycles. The SMILES string of the molecule is CONC(=O)[C@@H]1CC(c2ccc(C(F)(F)F)cc2)CN1c1ccc(C(=O)O)cn1. The Morgan fingerprint density at radius 1 is 1.21 bits per heavy atom. The van der Waals surface area contributed by atoms with Gasteiger partial charge in [0.25, 0.3) is 5.91 Å². The molecule has 1 saturated heterocycles. The average Bonchev–Trinajstić information content (AvgIpc) is 3.13. The van der Waals surface area contributed by atoms with Gasteiger partial charge < -0.3 is 10.0 Å². The lowest BCUT2D eigenvalue weighted by Gasteiger charge is -2.24. The Labute approximate surface area is 164 Å². The van der Waals surface area contributed by atoms with Gasteiger partial charge in [0.1, 0.15) is 11.9 Å². The zero-order chi connectivity index (χ0) is 21.2. The fourth-order valence-electron chi connectivity index (χ4n) is 3.37. The summed E-state index contributed by atoms with van der Waals surface area (Å²) in [5.41, 5.74) is 2.20. The molecule has 2 aromatic rings. The monoisotopic (exact) mass is 409 g/mol. The minimum atomic E-state index is -4.42. The number of alkyl halides is 3. The van der Waals surface area contributed by atoms with Crippen molar-refractivity contribution in [3.63, 3.8) is 0 Å². The van der Waals surface area contributed by atoms with Crippen molar-refractivity contribution < 1.29 is 32.7 Å². The van der Waals surface area contributed by atoms with E-state index in [1.54, 1.807) is 4.90 Å². The lowest BCUT2D eigenvalue weighted by Crippen LogP contribution is -2.43. The number of amides is 1. The highest BCUT2D eigenvalue weighted by atomic mass is 19.4. The van der Waals surface area contributed by atoms with Crippen LogP contribution in [0.1, 0.15) is 33.8 Å². The number of hydroxylamine groups is 1. The quantitative estimate of drug-likeness (QED) is 0.738. The van der Waals surface area contributed by atoms with E-state index in [9.17, 15) is 22.8 Å². The Bertz CT molecular complexity index is 885. The lowest BCUT2D eigenvalue weighted by atomic mass is 9.95. The number of pyridine rings is 1. The van der Waals surface area contributed by atoms with Gasteiger partial charge in [-0.15, -0.1) is 0 Å². The van der Waals surface area contributed by atoms with Crippen molar-refractivity contribution in [1.82, 2.24) is 10.5 Å². The van der Waals surface area contributed by atoms with Gasteiger partial charge in [-0.2, -0.15) is 13.2 Å². The van der Waals surface area contributed by atoms with Gasteiger partial charge in [0, 0.05) is 18.7 Å². The van der Waals surface area contributed by atoms with Crippen LogP contribution in [0.3, 0.4) is 0 Å². The molecule has 1 fully saturated rings. The highest BCUT2D eigenvalue weighted by Gasteiger charge is 2.39. The number of hydrogen-bond acceptors (Lipinski definition) is 5. The summed E-state index contributed by atoms with van der Waals surface area (Å²) in [6, 6.07) is 7.04. The molecule has 2 heterocycles. The molecule has 2 atom stereocenters. The second-order valence-electron chi connectivity index (χ2n) is 6.60. The van der Waals surface area contributed by atoms with Crippen molar-refractivity contribution in [2.24, 2.45) is 0 Å². The van der Waals surface area contributed by atoms with Crippen LogP contribution in [0.4, 0.5) is 19.0 Å². The summed E-state index contributed by atoms with van der Waals surface area (Å²) in [6.45, 7) is 0.326. The van der Waals surface area contributed by atoms with Gasteiger partial charge in [-0.3, -0.25) is 9.63 Å². The molecule has 0 radical (unpaired) electrons. The second kappa shape index (κ2) is 8.08. The number of nitrogens with one attached hydrogen (secondary N) is 1. The number of anilines is 1. The van der Waals surface area contributed by atoms with Gasteiger partial charge in [-0.25, -0.2) is 15.3 Å². The maximum Gasteiger partial charge on any atom is 0.416 e. The first-order chi connectivity index (χ1) is 13.7. The van der Waals surface area contributed by atoms with Gasteiger partial charge in [-0.05, 0) is 36.2 Å². The van der Waals surface area contributed by atoms with Crippen molar-refractivity contribution in [3.8, 4) is 0 Å². The third kappa shape index (κ3) is 4.48. The summed E-state index contributed by atoms with van der Waals surface area (Å²) in [5, 5.41) is 9.01. The van der Waals surface area contributed by atoms with E-state index in [-0.39, 0.29) is 11.5 Å². The molecule has 29 heavy (non-hydrogen) atoms. The number of carboxylic acid groups (broad SMARTS) is 1. The number of benzene rings is 1. The Morgan fingerprint density at radius 2 is 1.90 bits per heavy atom. The smallest absolute Gasteiger partial charge is 0.416 e. The zero-order valence-corrected chi connectivity index (χ0v) is 15.3. The fourth-order valence-corrected chi connectivity index (χ4v) is 3.37. The predicted molar refractivity (Wildman–Crippen MR) is 96.3 cm³/mol. The van der Waals surface area contributed by atoms with E-state index >= 15 is 0 Å². The molecule has 1 aliphatic heterocycles. The van der Waals surface area contributed by atoms with E-state index in [0.29, 0.717) is 24.3 Å². The highest BCUT2D eigenvalue weighted by Crippen LogP contribution is 2.36. The summed E-state index contributed by atoms with van der Waals surface area (Å²) >= 11 is 0. The number of aromatic nitrogens is 1. The van der Waals surface area contributed by atoms with E-state index < -0.39 is 29.7 Å². The first kappa shape index (κ1) is 20.6. The summed E-state index contributed by atoms with van der Waals surface area (Å²) in [7, 11) is 1.30. The molecule has 1 aromatic heterocycles. The van der Waals surface area contributed by atoms with Crippen LogP contribution in [0, 0.1) is 0 Å². The highest BCUT2D eigenvalue weighted by molar-refractivity contribution is 5.88. The molecule has 0 aliphatic carbocycles. The van der Waals surface area contributed by atoms with Crippen LogP contribution in [0.25, 0.3) is 0 Å². The van der Waals surface area contributed by atoms with Gasteiger partial charge in [0.2, 0.25) is 0 Å². The van der Waals surface area contributed by atoms with Crippen molar-refractivity contribution in [2.45, 2.75) is 24.6 Å². The molecular weight excluding hydrogens is 391 g/mol. The van der Waals surface area contributed by atoms with Crippen LogP contribution in [0.15, 0.2) is 42.6 Å². The van der Waals surface area contributed by atoms with Gasteiger partial charge in [0.05, 0.1) is 18.2 Å². The summed E-state index contributed by atoms with van der Waals surface area (Å²) < 4.78 is 38.4. The molecule has 154 valence electrons. The predicted octanol–water partition coefficient (Wildman–Crippen LogP) is 2.84. The Balaban J connectivity index is 1.86. The third-order valence-corrected chi connectivity index (χ3v) is 4.80. The number of carbonyl (C=O) groups is 2. The maximum absolute atomic E-state index is 12.8. The van der Waals surface area contributed by atoms with Gasteiger partial charge >= 0.3 is 12.1 Å². The largest absolute Gasteiger partial charge is 0.478 e. The normalized spacial score (nSPS) is 19.2. The Morgan fingerprint density at radius 3 is 2.41 bits per heavy atom. The standard InChI is InChI=1S/C19H18F3N3O4/c1-29-24-17(26)15-8-13(11-2-5-14(6-3-11)19(20,21)22)10-25(15)16-7-4-12(9-23-16)18(27)28/h2-7,9,13,15H,8,10H2,1H3,(H,24,26)(H,27,28)/t13?,15-/m0/s1. The Hall–Kier alpha value is -3.14. The molecule has 1 unspecified atom stereocenters. The molecule has 0 spiro atoms. The molecule has 1 aromatic carbocycles. The molecule has 0 bridgehead atoms. The molecule has 10 heteroatoms. The van der Waals surface area contributed by atoms with Crippen LogP contribution in [-0.4, -0.2) is 41.7 Å². The topological polar surface area (TPSA) is 91.8 Å². The number of halogens is 3. The molecule has 1 aliphatic rings. The van der Waals surface area contributed by atoms with Crippen molar-refractivity contribution >= 4 is 17.7 Å². The molecule has 2 N–H and O–H groups in total. The van der Waals surface area contributed by atoms with Gasteiger partial charge in [-0.1, -0.05) is 12.1 Å². The number of hydrogen-bond donors (Lipinski definition) is 2. The second-order valence-corrected chi connectivity index (χ2v) is 6.60. The lowest BCUT2D eigenvalue weighted by molar-refractivity contribution is -0.137. The summed E-state index contributed by atoms with van der Waals surface area (Å²) in [4.78, 5) is 33.9. The first-order valence-corrected chi connectivity index (χ1v) is 8.66. The van der Waals surface area contributed by atoms with E-state index in [1.165, 1.54) is 37.6 Å². The molecule has 7 nitrogen and oxygen atoms in total. The van der Waals surface area contributed by atoms with Crippen molar-refractivity contribution in [1.29, 1.82) is 0 Å². The number of carboxylic acids is 1. The van der Waals surface area contributed by atoms with Crippen LogP contribution in [-0.2, 0) is 15.8 Å². The van der Waals surface area contributed by atoms with E-state index in [0.717, 1.165) is 12.1 Å². The van der Waals surface area contributed by atoms with Crippen molar-refractivity contribution in [2.75, 3.05) is 18.6 Å². The van der Waals surface area contributed by atoms with Crippen LogP contribution >= 0.6 is 0 Å². The van der Waals surface area contributed by atoms with E-state index in [2.05, 4.69) is 10.5 Å². The van der Waals surface area contributed by atoms with E-state index in [4.69, 9.17) is 9.94 Å². The number of nitrogens with zero attached hydrogens (tertiary/aromatic N) is 2. The van der Waals surface area contributed by atoms with E-state index in [1.807, 2.05) is 0 Å². The van der Waals surface area contributed by atoms with Crippen molar-refractivity contribution in [3.05, 3.63) is 59.3 Å². The molecule has 3 rings (SSSR count). The van der Waals surface area contributed by atoms with Crippen LogP contribution in [0.2, 0.25) is 0 Å². The average molecular weight is 409 g/mol. The number of rotatable bonds is 5. The zero-order valence-electron chi connectivity index (χ0n) is 15.3. The minimum absolute atomic E-state index is 0.00475. The fraction of sp³-hybridized carbons (Fsp3) is 0.316. The third-order valence-electron chi connectivity index (χ3n) is 4.80. The minimum Gasteiger partial charge on any atom is -0.478 e. The van der Waals surface area contributed by atoms with Crippen LogP contribution < -0.4 is 10.4 Å². The first-order valence-electron chi connectivity index (χ1n) is 8.66. The summed E-state index contributed by atoms with van der Waals surface area (Å²) in [5.74, 6) is -1.38. The molecular formula is C19H18F3N3O4. The number of carbonyl (C=O) groups excluding carboxylic acids is 1.